The Bertz CT molecular complexity index is 297. The van der Waals surface area contributed by atoms with Crippen LogP contribution in [-0.2, 0) is 11.3 Å². The largest absolute Gasteiger partial charge is 0.371 e. The normalized spacial score (nSPS) is 21.8. The zero-order valence-corrected chi connectivity index (χ0v) is 9.85. The number of aromatic nitrogens is 2. The second kappa shape index (κ2) is 5.53. The van der Waals surface area contributed by atoms with Crippen LogP contribution in [0.4, 0.5) is 0 Å². The van der Waals surface area contributed by atoms with Crippen LogP contribution in [-0.4, -0.2) is 23.3 Å². The predicted molar refractivity (Wildman–Crippen MR) is 59.8 cm³/mol. The molecule has 1 unspecified atom stereocenters. The molecule has 1 aromatic heterocycles. The Morgan fingerprint density at radius 1 is 1.47 bits per heavy atom. The van der Waals surface area contributed by atoms with E-state index in [2.05, 4.69) is 22.4 Å². The number of ether oxygens (including phenoxy) is 1. The van der Waals surface area contributed by atoms with Gasteiger partial charge < -0.3 is 10.1 Å². The molecule has 0 saturated carbocycles. The first-order valence-electron chi connectivity index (χ1n) is 5.54. The second-order valence-electron chi connectivity index (χ2n) is 3.67. The highest BCUT2D eigenvalue weighted by Gasteiger charge is 2.19. The zero-order valence-electron chi connectivity index (χ0n) is 9.03. The summed E-state index contributed by atoms with van der Waals surface area (Å²) in [6.45, 7) is 4.74. The van der Waals surface area contributed by atoms with Gasteiger partial charge in [0.05, 0.1) is 0 Å². The smallest absolute Gasteiger partial charge is 0.146 e. The molecular weight excluding hydrogens is 210 g/mol. The number of rotatable bonds is 4. The van der Waals surface area contributed by atoms with Crippen LogP contribution < -0.4 is 5.32 Å². The molecule has 2 heterocycles. The molecule has 1 N–H and O–H groups in total. The molecule has 0 amide bonds. The van der Waals surface area contributed by atoms with Crippen LogP contribution in [0.3, 0.4) is 0 Å². The number of nitrogens with zero attached hydrogens (tertiary/aromatic N) is 2. The van der Waals surface area contributed by atoms with E-state index in [1.54, 1.807) is 11.3 Å². The van der Waals surface area contributed by atoms with Gasteiger partial charge in [-0.25, -0.2) is 0 Å². The predicted octanol–water partition coefficient (Wildman–Crippen LogP) is 1.89. The highest BCUT2D eigenvalue weighted by Crippen LogP contribution is 2.29. The lowest BCUT2D eigenvalue weighted by Gasteiger charge is -2.19. The van der Waals surface area contributed by atoms with Crippen LogP contribution in [0, 0.1) is 0 Å². The average Bonchev–Trinajstić information content (AvgIpc) is 2.76. The lowest BCUT2D eigenvalue weighted by Crippen LogP contribution is -2.11. The third-order valence-electron chi connectivity index (χ3n) is 2.46. The number of hydrogen-bond acceptors (Lipinski definition) is 5. The fraction of sp³-hybridized carbons (Fsp3) is 0.800. The van der Waals surface area contributed by atoms with Crippen molar-refractivity contribution in [1.82, 2.24) is 15.5 Å². The maximum Gasteiger partial charge on any atom is 0.146 e. The van der Waals surface area contributed by atoms with E-state index in [-0.39, 0.29) is 6.10 Å². The van der Waals surface area contributed by atoms with E-state index < -0.39 is 0 Å². The van der Waals surface area contributed by atoms with Gasteiger partial charge in [0.25, 0.3) is 0 Å². The molecule has 2 rings (SSSR count). The van der Waals surface area contributed by atoms with Crippen molar-refractivity contribution in [3.05, 3.63) is 10.0 Å². The molecule has 0 aromatic carbocycles. The standard InChI is InChI=1S/C10H17N3OS/c1-2-11-7-9-12-13-10(15-9)8-5-3-4-6-14-8/h8,11H,2-7H2,1H3. The fourth-order valence-electron chi connectivity index (χ4n) is 1.64. The molecule has 0 bridgehead atoms. The Labute approximate surface area is 94.1 Å². The summed E-state index contributed by atoms with van der Waals surface area (Å²) in [6.07, 6.45) is 3.72. The van der Waals surface area contributed by atoms with Gasteiger partial charge in [0, 0.05) is 13.2 Å². The quantitative estimate of drug-likeness (QED) is 0.853. The zero-order chi connectivity index (χ0) is 10.5. The van der Waals surface area contributed by atoms with E-state index in [1.807, 2.05) is 0 Å². The van der Waals surface area contributed by atoms with Gasteiger partial charge in [-0.3, -0.25) is 0 Å². The minimum Gasteiger partial charge on any atom is -0.371 e. The Hall–Kier alpha value is -0.520. The van der Waals surface area contributed by atoms with E-state index in [0.717, 1.165) is 36.1 Å². The maximum absolute atomic E-state index is 5.67. The highest BCUT2D eigenvalue weighted by molar-refractivity contribution is 7.11. The molecule has 15 heavy (non-hydrogen) atoms. The average molecular weight is 227 g/mol. The molecule has 1 aliphatic rings. The molecule has 0 radical (unpaired) electrons. The molecule has 1 saturated heterocycles. The van der Waals surface area contributed by atoms with E-state index in [4.69, 9.17) is 4.74 Å². The van der Waals surface area contributed by atoms with Gasteiger partial charge >= 0.3 is 0 Å². The van der Waals surface area contributed by atoms with Crippen LogP contribution in [0.2, 0.25) is 0 Å². The molecule has 0 spiro atoms. The lowest BCUT2D eigenvalue weighted by molar-refractivity contribution is 0.0144. The Kier molecular flexibility index (Phi) is 4.05. The van der Waals surface area contributed by atoms with Crippen LogP contribution in [0.1, 0.15) is 42.3 Å². The molecule has 1 aliphatic heterocycles. The summed E-state index contributed by atoms with van der Waals surface area (Å²) in [7, 11) is 0. The Balaban J connectivity index is 1.93. The van der Waals surface area contributed by atoms with E-state index >= 15 is 0 Å². The summed E-state index contributed by atoms with van der Waals surface area (Å²) in [6, 6.07) is 0. The second-order valence-corrected chi connectivity index (χ2v) is 4.76. The Morgan fingerprint density at radius 2 is 2.40 bits per heavy atom. The van der Waals surface area contributed by atoms with E-state index in [0.29, 0.717) is 0 Å². The van der Waals surface area contributed by atoms with Gasteiger partial charge in [0.2, 0.25) is 0 Å². The molecule has 5 heteroatoms. The third kappa shape index (κ3) is 2.96. The number of hydrogen-bond donors (Lipinski definition) is 1. The van der Waals surface area contributed by atoms with Gasteiger partial charge in [-0.05, 0) is 25.8 Å². The molecule has 1 fully saturated rings. The minimum absolute atomic E-state index is 0.201. The number of nitrogens with one attached hydrogen (secondary N) is 1. The molecule has 1 aromatic rings. The first kappa shape index (κ1) is 11.0. The summed E-state index contributed by atoms with van der Waals surface area (Å²) in [5.41, 5.74) is 0. The first-order chi connectivity index (χ1) is 7.40. The van der Waals surface area contributed by atoms with E-state index in [1.165, 1.54) is 12.8 Å². The van der Waals surface area contributed by atoms with Gasteiger partial charge in [0.1, 0.15) is 16.1 Å². The van der Waals surface area contributed by atoms with Crippen molar-refractivity contribution < 1.29 is 4.74 Å². The van der Waals surface area contributed by atoms with Crippen LogP contribution >= 0.6 is 11.3 Å². The summed E-state index contributed by atoms with van der Waals surface area (Å²) in [5, 5.41) is 13.7. The lowest BCUT2D eigenvalue weighted by atomic mass is 10.1. The summed E-state index contributed by atoms with van der Waals surface area (Å²) in [4.78, 5) is 0. The van der Waals surface area contributed by atoms with Gasteiger partial charge in [-0.1, -0.05) is 18.3 Å². The van der Waals surface area contributed by atoms with Crippen LogP contribution in [0.15, 0.2) is 0 Å². The summed E-state index contributed by atoms with van der Waals surface area (Å²) < 4.78 is 5.67. The molecule has 1 atom stereocenters. The van der Waals surface area contributed by atoms with Crippen molar-refractivity contribution in [3.8, 4) is 0 Å². The fourth-order valence-corrected chi connectivity index (χ4v) is 2.53. The molecule has 84 valence electrons. The summed E-state index contributed by atoms with van der Waals surface area (Å²) >= 11 is 1.67. The summed E-state index contributed by atoms with van der Waals surface area (Å²) in [5.74, 6) is 0. The third-order valence-corrected chi connectivity index (χ3v) is 3.48. The minimum atomic E-state index is 0.201. The van der Waals surface area contributed by atoms with Crippen molar-refractivity contribution in [3.63, 3.8) is 0 Å². The van der Waals surface area contributed by atoms with E-state index in [9.17, 15) is 0 Å². The van der Waals surface area contributed by atoms with Crippen molar-refractivity contribution in [2.45, 2.75) is 38.8 Å². The van der Waals surface area contributed by atoms with Crippen molar-refractivity contribution in [2.75, 3.05) is 13.2 Å². The van der Waals surface area contributed by atoms with Crippen LogP contribution in [0.5, 0.6) is 0 Å². The van der Waals surface area contributed by atoms with Crippen LogP contribution in [0.25, 0.3) is 0 Å². The molecule has 4 nitrogen and oxygen atoms in total. The maximum atomic E-state index is 5.67. The molecular formula is C10H17N3OS. The first-order valence-corrected chi connectivity index (χ1v) is 6.36. The SMILES string of the molecule is CCNCc1nnc(C2CCCCO2)s1. The van der Waals surface area contributed by atoms with Gasteiger partial charge in [-0.15, -0.1) is 10.2 Å². The Morgan fingerprint density at radius 3 is 3.13 bits per heavy atom. The highest BCUT2D eigenvalue weighted by atomic mass is 32.1. The van der Waals surface area contributed by atoms with Gasteiger partial charge in [0.15, 0.2) is 0 Å². The van der Waals surface area contributed by atoms with Crippen molar-refractivity contribution in [2.24, 2.45) is 0 Å². The monoisotopic (exact) mass is 227 g/mol. The molecule has 0 aliphatic carbocycles. The van der Waals surface area contributed by atoms with Gasteiger partial charge in [-0.2, -0.15) is 0 Å². The van der Waals surface area contributed by atoms with Crippen molar-refractivity contribution >= 4 is 11.3 Å². The van der Waals surface area contributed by atoms with Crippen molar-refractivity contribution in [1.29, 1.82) is 0 Å². The topological polar surface area (TPSA) is 47.0 Å².